The molecule has 2 aliphatic heterocycles. The third-order valence-electron chi connectivity index (χ3n) is 6.07. The average molecular weight is 347 g/mol. The lowest BCUT2D eigenvalue weighted by Gasteiger charge is -2.40. The van der Waals surface area contributed by atoms with Gasteiger partial charge in [-0.1, -0.05) is 0 Å². The fraction of sp³-hybridized carbons (Fsp3) is 0.722. The highest BCUT2D eigenvalue weighted by molar-refractivity contribution is 5.86. The summed E-state index contributed by atoms with van der Waals surface area (Å²) in [4.78, 5) is 25.3. The van der Waals surface area contributed by atoms with E-state index in [1.54, 1.807) is 0 Å². The summed E-state index contributed by atoms with van der Waals surface area (Å²) < 4.78 is 13.0. The van der Waals surface area contributed by atoms with Crippen molar-refractivity contribution in [2.45, 2.75) is 57.1 Å². The molecular weight excluding hydrogens is 323 g/mol. The number of amides is 1. The lowest BCUT2D eigenvalue weighted by atomic mass is 9.78. The van der Waals surface area contributed by atoms with E-state index in [1.165, 1.54) is 0 Å². The van der Waals surface area contributed by atoms with Crippen LogP contribution in [0.2, 0.25) is 0 Å². The first-order chi connectivity index (χ1) is 12.1. The van der Waals surface area contributed by atoms with Crippen molar-refractivity contribution in [3.63, 3.8) is 0 Å². The minimum atomic E-state index is -0.571. The molecule has 7 heteroatoms. The summed E-state index contributed by atoms with van der Waals surface area (Å²) in [6, 6.07) is 0.265. The van der Waals surface area contributed by atoms with Crippen molar-refractivity contribution in [3.8, 4) is 0 Å². The van der Waals surface area contributed by atoms with E-state index in [0.29, 0.717) is 12.5 Å². The van der Waals surface area contributed by atoms with Gasteiger partial charge in [0, 0.05) is 25.7 Å². The van der Waals surface area contributed by atoms with E-state index < -0.39 is 5.82 Å². The van der Waals surface area contributed by atoms with Crippen LogP contribution in [0.1, 0.15) is 44.9 Å². The number of aliphatic hydroxyl groups excluding tert-OH is 1. The summed E-state index contributed by atoms with van der Waals surface area (Å²) in [5.74, 6) is 0.121. The van der Waals surface area contributed by atoms with Gasteiger partial charge in [0.15, 0.2) is 5.82 Å². The van der Waals surface area contributed by atoms with E-state index in [2.05, 4.69) is 16.2 Å². The topological polar surface area (TPSA) is 69.6 Å². The fourth-order valence-electron chi connectivity index (χ4n) is 4.67. The molecule has 1 N–H and O–H groups in total. The molecular formula is C18H24FN4O2. The Morgan fingerprint density at radius 1 is 1.24 bits per heavy atom. The van der Waals surface area contributed by atoms with Crippen molar-refractivity contribution in [1.82, 2.24) is 14.9 Å². The summed E-state index contributed by atoms with van der Waals surface area (Å²) in [5, 5.41) is 9.70. The van der Waals surface area contributed by atoms with Gasteiger partial charge in [0.2, 0.25) is 11.9 Å². The highest BCUT2D eigenvalue weighted by atomic mass is 19.1. The zero-order valence-corrected chi connectivity index (χ0v) is 14.3. The average Bonchev–Trinajstić information content (AvgIpc) is 2.93. The molecule has 135 valence electrons. The molecule has 0 bridgehead atoms. The van der Waals surface area contributed by atoms with Crippen molar-refractivity contribution in [2.75, 3.05) is 24.5 Å². The van der Waals surface area contributed by atoms with Crippen LogP contribution in [0.25, 0.3) is 0 Å². The smallest absolute Gasteiger partial charge is 0.230 e. The number of likely N-dealkylation sites (tertiary alicyclic amines) is 1. The lowest BCUT2D eigenvalue weighted by molar-refractivity contribution is -0.139. The van der Waals surface area contributed by atoms with Gasteiger partial charge >= 0.3 is 0 Å². The molecule has 1 saturated carbocycles. The van der Waals surface area contributed by atoms with Crippen LogP contribution in [0.3, 0.4) is 0 Å². The van der Waals surface area contributed by atoms with Crippen molar-refractivity contribution < 1.29 is 14.3 Å². The Morgan fingerprint density at radius 3 is 2.76 bits per heavy atom. The first-order valence-electron chi connectivity index (χ1n) is 9.22. The maximum atomic E-state index is 13.2. The maximum Gasteiger partial charge on any atom is 0.230 e. The third kappa shape index (κ3) is 3.10. The zero-order chi connectivity index (χ0) is 17.4. The highest BCUT2D eigenvalue weighted by Gasteiger charge is 2.50. The molecule has 4 rings (SSSR count). The van der Waals surface area contributed by atoms with E-state index in [0.717, 1.165) is 64.2 Å². The van der Waals surface area contributed by atoms with Gasteiger partial charge in [-0.3, -0.25) is 4.79 Å². The number of hydrogen-bond donors (Lipinski definition) is 1. The summed E-state index contributed by atoms with van der Waals surface area (Å²) in [7, 11) is 0. The Hall–Kier alpha value is -1.76. The molecule has 3 aliphatic rings. The van der Waals surface area contributed by atoms with Crippen LogP contribution in [0.4, 0.5) is 10.3 Å². The molecule has 3 heterocycles. The molecule has 1 amide bonds. The fourth-order valence-corrected chi connectivity index (χ4v) is 4.67. The van der Waals surface area contributed by atoms with Gasteiger partial charge in [0.25, 0.3) is 0 Å². The summed E-state index contributed by atoms with van der Waals surface area (Å²) in [5.41, 5.74) is -0.369. The van der Waals surface area contributed by atoms with Crippen LogP contribution in [0, 0.1) is 17.4 Å². The van der Waals surface area contributed by atoms with Crippen LogP contribution >= 0.6 is 0 Å². The molecule has 1 aliphatic carbocycles. The number of anilines is 1. The van der Waals surface area contributed by atoms with Crippen LogP contribution in [-0.4, -0.2) is 57.7 Å². The van der Waals surface area contributed by atoms with E-state index in [-0.39, 0.29) is 23.5 Å². The molecule has 1 radical (unpaired) electrons. The second kappa shape index (κ2) is 6.52. The lowest BCUT2D eigenvalue weighted by Crippen LogP contribution is -2.50. The molecule has 6 nitrogen and oxygen atoms in total. The van der Waals surface area contributed by atoms with Crippen molar-refractivity contribution in [1.29, 1.82) is 0 Å². The van der Waals surface area contributed by atoms with Gasteiger partial charge in [-0.25, -0.2) is 14.4 Å². The van der Waals surface area contributed by atoms with Crippen molar-refractivity contribution in [3.05, 3.63) is 18.2 Å². The van der Waals surface area contributed by atoms with Gasteiger partial charge in [-0.2, -0.15) is 0 Å². The number of aromatic nitrogens is 2. The largest absolute Gasteiger partial charge is 0.393 e. The Morgan fingerprint density at radius 2 is 2.04 bits per heavy atom. The molecule has 1 aromatic heterocycles. The number of aliphatic hydroxyl groups is 1. The van der Waals surface area contributed by atoms with Gasteiger partial charge < -0.3 is 14.9 Å². The Labute approximate surface area is 147 Å². The summed E-state index contributed by atoms with van der Waals surface area (Å²) in [6.07, 6.45) is 9.23. The van der Waals surface area contributed by atoms with Crippen molar-refractivity contribution >= 4 is 11.9 Å². The number of carbonyl (C=O) groups excluding carboxylic acids is 1. The molecule has 2 saturated heterocycles. The van der Waals surface area contributed by atoms with E-state index in [1.807, 2.05) is 9.80 Å². The van der Waals surface area contributed by atoms with Crippen LogP contribution < -0.4 is 4.90 Å². The number of piperidine rings is 1. The number of nitrogens with zero attached hydrogens (tertiary/aromatic N) is 4. The quantitative estimate of drug-likeness (QED) is 0.879. The Balaban J connectivity index is 1.48. The van der Waals surface area contributed by atoms with Crippen LogP contribution in [0.5, 0.6) is 0 Å². The van der Waals surface area contributed by atoms with Crippen LogP contribution in [0.15, 0.2) is 6.20 Å². The normalized spacial score (nSPS) is 33.3. The third-order valence-corrected chi connectivity index (χ3v) is 6.07. The second-order valence-electron chi connectivity index (χ2n) is 7.65. The van der Waals surface area contributed by atoms with Crippen molar-refractivity contribution in [2.24, 2.45) is 5.41 Å². The maximum absolute atomic E-state index is 13.2. The second-order valence-corrected chi connectivity index (χ2v) is 7.65. The van der Waals surface area contributed by atoms with Gasteiger partial charge in [0.1, 0.15) is 6.20 Å². The predicted molar refractivity (Wildman–Crippen MR) is 89.3 cm³/mol. The molecule has 1 spiro atoms. The van der Waals surface area contributed by atoms with E-state index >= 15 is 0 Å². The van der Waals surface area contributed by atoms with Gasteiger partial charge in [-0.05, 0) is 44.9 Å². The first kappa shape index (κ1) is 16.7. The first-order valence-corrected chi connectivity index (χ1v) is 9.22. The number of hydrogen-bond acceptors (Lipinski definition) is 5. The van der Waals surface area contributed by atoms with Gasteiger partial charge in [0.05, 0.1) is 17.7 Å². The number of halogens is 1. The molecule has 1 atom stereocenters. The molecule has 3 fully saturated rings. The summed E-state index contributed by atoms with van der Waals surface area (Å²) in [6.45, 7) is 2.17. The zero-order valence-electron chi connectivity index (χ0n) is 14.3. The number of carbonyl (C=O) groups is 1. The van der Waals surface area contributed by atoms with E-state index in [9.17, 15) is 14.3 Å². The molecule has 0 unspecified atom stereocenters. The summed E-state index contributed by atoms with van der Waals surface area (Å²) >= 11 is 0. The predicted octanol–water partition coefficient (Wildman–Crippen LogP) is 1.54. The number of rotatable bonds is 2. The molecule has 1 aromatic rings. The SMILES string of the molecule is O=C1N(C2CCC(O)CC2)CC[C@@]12CCCN(c1n[c]c(F)cn1)C2. The van der Waals surface area contributed by atoms with Gasteiger partial charge in [-0.15, -0.1) is 0 Å². The van der Waals surface area contributed by atoms with E-state index in [4.69, 9.17) is 0 Å². The molecule has 25 heavy (non-hydrogen) atoms. The minimum absolute atomic E-state index is 0.208. The monoisotopic (exact) mass is 347 g/mol. The Kier molecular flexibility index (Phi) is 4.35. The standard InChI is InChI=1S/C18H24FN4O2/c19-13-10-20-17(21-11-13)22-8-1-6-18(12-22)7-9-23(16(18)25)14-2-4-15(24)5-3-14/h10,14-15,24H,1-9,12H2/t14?,15?,18-/m1/s1. The van der Waals surface area contributed by atoms with Crippen LogP contribution in [-0.2, 0) is 4.79 Å². The minimum Gasteiger partial charge on any atom is -0.393 e. The Bertz CT molecular complexity index is 632. The molecule has 0 aromatic carbocycles. The highest BCUT2D eigenvalue weighted by Crippen LogP contribution is 2.43.